The Kier molecular flexibility index (Phi) is 2.68. The van der Waals surface area contributed by atoms with Crippen LogP contribution < -0.4 is 0 Å². The number of rotatable bonds is 2. The molecule has 1 aromatic rings. The van der Waals surface area contributed by atoms with Crippen molar-refractivity contribution in [2.24, 2.45) is 0 Å². The van der Waals surface area contributed by atoms with Gasteiger partial charge in [-0.1, -0.05) is 0 Å². The average Bonchev–Trinajstić information content (AvgIpc) is 1.94. The summed E-state index contributed by atoms with van der Waals surface area (Å²) in [7, 11) is 0. The molecule has 10 heavy (non-hydrogen) atoms. The minimum atomic E-state index is -0.239. The van der Waals surface area contributed by atoms with E-state index >= 15 is 0 Å². The maximum atomic E-state index is 12.7. The lowest BCUT2D eigenvalue weighted by molar-refractivity contribution is 0.606. The summed E-state index contributed by atoms with van der Waals surface area (Å²) in [6.07, 6.45) is 3.47. The van der Waals surface area contributed by atoms with Gasteiger partial charge in [-0.25, -0.2) is 4.39 Å². The molecular formula is C7H8FNS. The number of aromatic nitrogens is 1. The number of aryl methyl sites for hydroxylation is 1. The number of hydrogen-bond donors (Lipinski definition) is 1. The van der Waals surface area contributed by atoms with E-state index in [4.69, 9.17) is 0 Å². The lowest BCUT2D eigenvalue weighted by Gasteiger charge is -1.96. The molecule has 0 aromatic carbocycles. The van der Waals surface area contributed by atoms with Crippen LogP contribution in [0.4, 0.5) is 4.39 Å². The van der Waals surface area contributed by atoms with Crippen LogP contribution in [0.2, 0.25) is 0 Å². The zero-order valence-corrected chi connectivity index (χ0v) is 6.31. The number of thiol groups is 1. The summed E-state index contributed by atoms with van der Waals surface area (Å²) in [5, 5.41) is 0. The molecule has 0 atom stereocenters. The molecule has 1 rings (SSSR count). The molecule has 0 spiro atoms. The first-order chi connectivity index (χ1) is 4.84. The largest absolute Gasteiger partial charge is 0.262 e. The van der Waals surface area contributed by atoms with Gasteiger partial charge < -0.3 is 0 Å². The third-order valence-corrected chi connectivity index (χ3v) is 1.46. The molecule has 1 aromatic heterocycles. The summed E-state index contributed by atoms with van der Waals surface area (Å²) in [5.41, 5.74) is 0.685. The van der Waals surface area contributed by atoms with Gasteiger partial charge in [0.05, 0.1) is 6.20 Å². The Morgan fingerprint density at radius 1 is 1.60 bits per heavy atom. The van der Waals surface area contributed by atoms with E-state index in [1.165, 1.54) is 6.20 Å². The Morgan fingerprint density at radius 2 is 2.40 bits per heavy atom. The van der Waals surface area contributed by atoms with Crippen molar-refractivity contribution in [2.75, 3.05) is 5.75 Å². The van der Waals surface area contributed by atoms with Crippen molar-refractivity contribution in [3.63, 3.8) is 0 Å². The second-order valence-electron chi connectivity index (χ2n) is 1.94. The SMILES string of the molecule is Fc1cnccc1CCS. The van der Waals surface area contributed by atoms with E-state index in [1.54, 1.807) is 12.3 Å². The third kappa shape index (κ3) is 1.70. The number of pyridine rings is 1. The van der Waals surface area contributed by atoms with Crippen molar-refractivity contribution in [1.29, 1.82) is 0 Å². The first-order valence-corrected chi connectivity index (χ1v) is 3.67. The van der Waals surface area contributed by atoms with Crippen molar-refractivity contribution in [3.8, 4) is 0 Å². The van der Waals surface area contributed by atoms with E-state index in [0.717, 1.165) is 0 Å². The first-order valence-electron chi connectivity index (χ1n) is 3.04. The molecule has 0 unspecified atom stereocenters. The van der Waals surface area contributed by atoms with Crippen LogP contribution in [0, 0.1) is 5.82 Å². The summed E-state index contributed by atoms with van der Waals surface area (Å²) in [4.78, 5) is 3.63. The van der Waals surface area contributed by atoms with Gasteiger partial charge >= 0.3 is 0 Å². The minimum Gasteiger partial charge on any atom is -0.262 e. The van der Waals surface area contributed by atoms with Gasteiger partial charge in [-0.2, -0.15) is 12.6 Å². The molecule has 0 fully saturated rings. The fourth-order valence-corrected chi connectivity index (χ4v) is 0.968. The van der Waals surface area contributed by atoms with E-state index in [2.05, 4.69) is 17.6 Å². The first kappa shape index (κ1) is 7.54. The molecule has 0 saturated carbocycles. The molecule has 0 amide bonds. The van der Waals surface area contributed by atoms with Gasteiger partial charge in [-0.15, -0.1) is 0 Å². The van der Waals surface area contributed by atoms with Gasteiger partial charge in [-0.05, 0) is 23.8 Å². The maximum absolute atomic E-state index is 12.7. The molecule has 0 saturated heterocycles. The summed E-state index contributed by atoms with van der Waals surface area (Å²) in [6.45, 7) is 0. The number of nitrogens with zero attached hydrogens (tertiary/aromatic N) is 1. The van der Waals surface area contributed by atoms with Crippen LogP contribution in [-0.2, 0) is 6.42 Å². The molecule has 0 aliphatic carbocycles. The van der Waals surface area contributed by atoms with E-state index in [9.17, 15) is 4.39 Å². The Bertz CT molecular complexity index is 215. The molecule has 0 aliphatic rings. The van der Waals surface area contributed by atoms with Crippen LogP contribution in [0.5, 0.6) is 0 Å². The fourth-order valence-electron chi connectivity index (χ4n) is 0.727. The van der Waals surface area contributed by atoms with E-state index in [1.807, 2.05) is 0 Å². The van der Waals surface area contributed by atoms with Gasteiger partial charge in [0.25, 0.3) is 0 Å². The Balaban J connectivity index is 2.81. The van der Waals surface area contributed by atoms with Gasteiger partial charge in [0.1, 0.15) is 5.82 Å². The number of halogens is 1. The van der Waals surface area contributed by atoms with E-state index in [0.29, 0.717) is 17.7 Å². The number of hydrogen-bond acceptors (Lipinski definition) is 2. The molecule has 0 aliphatic heterocycles. The van der Waals surface area contributed by atoms with E-state index in [-0.39, 0.29) is 5.82 Å². The lowest BCUT2D eigenvalue weighted by atomic mass is 10.2. The lowest BCUT2D eigenvalue weighted by Crippen LogP contribution is -1.91. The second kappa shape index (κ2) is 3.56. The maximum Gasteiger partial charge on any atom is 0.144 e. The highest BCUT2D eigenvalue weighted by molar-refractivity contribution is 7.80. The quantitative estimate of drug-likeness (QED) is 0.645. The van der Waals surface area contributed by atoms with Crippen molar-refractivity contribution < 1.29 is 4.39 Å². The highest BCUT2D eigenvalue weighted by atomic mass is 32.1. The molecule has 54 valence electrons. The van der Waals surface area contributed by atoms with Crippen molar-refractivity contribution in [2.45, 2.75) is 6.42 Å². The Morgan fingerprint density at radius 3 is 3.00 bits per heavy atom. The molecule has 0 N–H and O–H groups in total. The van der Waals surface area contributed by atoms with Gasteiger partial charge in [-0.3, -0.25) is 4.98 Å². The minimum absolute atomic E-state index is 0.239. The summed E-state index contributed by atoms with van der Waals surface area (Å²) >= 11 is 3.99. The predicted molar refractivity (Wildman–Crippen MR) is 41.8 cm³/mol. The Hall–Kier alpha value is -0.570. The average molecular weight is 157 g/mol. The molecule has 0 bridgehead atoms. The van der Waals surface area contributed by atoms with E-state index < -0.39 is 0 Å². The van der Waals surface area contributed by atoms with Crippen molar-refractivity contribution in [3.05, 3.63) is 29.8 Å². The smallest absolute Gasteiger partial charge is 0.144 e. The van der Waals surface area contributed by atoms with Crippen LogP contribution in [-0.4, -0.2) is 10.7 Å². The van der Waals surface area contributed by atoms with Crippen LogP contribution in [0.25, 0.3) is 0 Å². The van der Waals surface area contributed by atoms with Crippen LogP contribution >= 0.6 is 12.6 Å². The predicted octanol–water partition coefficient (Wildman–Crippen LogP) is 1.69. The molecule has 1 heterocycles. The highest BCUT2D eigenvalue weighted by Gasteiger charge is 1.97. The monoisotopic (exact) mass is 157 g/mol. The third-order valence-electron chi connectivity index (χ3n) is 1.24. The van der Waals surface area contributed by atoms with Gasteiger partial charge in [0.2, 0.25) is 0 Å². The summed E-state index contributed by atoms with van der Waals surface area (Å²) in [5.74, 6) is 0.428. The van der Waals surface area contributed by atoms with Gasteiger partial charge in [0.15, 0.2) is 0 Å². The normalized spacial score (nSPS) is 9.80. The second-order valence-corrected chi connectivity index (χ2v) is 2.39. The standard InChI is InChI=1S/C7H8FNS/c8-7-5-9-3-1-6(7)2-4-10/h1,3,5,10H,2,4H2. The summed E-state index contributed by atoms with van der Waals surface area (Å²) < 4.78 is 12.7. The summed E-state index contributed by atoms with van der Waals surface area (Å²) in [6, 6.07) is 1.67. The molecular weight excluding hydrogens is 149 g/mol. The zero-order valence-electron chi connectivity index (χ0n) is 5.42. The fraction of sp³-hybridized carbons (Fsp3) is 0.286. The zero-order chi connectivity index (χ0) is 7.40. The molecule has 3 heteroatoms. The van der Waals surface area contributed by atoms with Gasteiger partial charge in [0, 0.05) is 6.20 Å². The van der Waals surface area contributed by atoms with Crippen LogP contribution in [0.1, 0.15) is 5.56 Å². The van der Waals surface area contributed by atoms with Crippen molar-refractivity contribution in [1.82, 2.24) is 4.98 Å². The highest BCUT2D eigenvalue weighted by Crippen LogP contribution is 2.05. The Labute approximate surface area is 64.7 Å². The topological polar surface area (TPSA) is 12.9 Å². The van der Waals surface area contributed by atoms with Crippen LogP contribution in [0.3, 0.4) is 0 Å². The molecule has 1 nitrogen and oxygen atoms in total. The van der Waals surface area contributed by atoms with Crippen LogP contribution in [0.15, 0.2) is 18.5 Å². The van der Waals surface area contributed by atoms with Crippen molar-refractivity contribution >= 4 is 12.6 Å². The molecule has 0 radical (unpaired) electrons.